The van der Waals surface area contributed by atoms with Crippen molar-refractivity contribution in [3.63, 3.8) is 0 Å². The van der Waals surface area contributed by atoms with E-state index in [9.17, 15) is 0 Å². The average molecular weight is 212 g/mol. The lowest BCUT2D eigenvalue weighted by Gasteiger charge is -2.22. The highest BCUT2D eigenvalue weighted by molar-refractivity contribution is 7.11. The van der Waals surface area contributed by atoms with Gasteiger partial charge in [-0.2, -0.15) is 0 Å². The van der Waals surface area contributed by atoms with Gasteiger partial charge in [0.2, 0.25) is 0 Å². The minimum atomic E-state index is 0.181. The van der Waals surface area contributed by atoms with Gasteiger partial charge in [0.15, 0.2) is 0 Å². The maximum absolute atomic E-state index is 6.00. The lowest BCUT2D eigenvalue weighted by atomic mass is 9.90. The van der Waals surface area contributed by atoms with Gasteiger partial charge in [0.05, 0.1) is 10.7 Å². The topological polar surface area (TPSA) is 38.9 Å². The summed E-state index contributed by atoms with van der Waals surface area (Å²) < 4.78 is 0. The molecule has 1 rings (SSSR count). The van der Waals surface area contributed by atoms with E-state index >= 15 is 0 Å². The van der Waals surface area contributed by atoms with Gasteiger partial charge in [-0.25, -0.2) is 4.98 Å². The fourth-order valence-corrected chi connectivity index (χ4v) is 3.07. The molecule has 0 spiro atoms. The molecule has 80 valence electrons. The molecular formula is C11H20N2S. The van der Waals surface area contributed by atoms with Gasteiger partial charge in [-0.05, 0) is 26.7 Å². The number of rotatable bonds is 3. The number of nitrogens with zero attached hydrogens (tertiary/aromatic N) is 1. The minimum absolute atomic E-state index is 0.181. The number of thiazole rings is 1. The molecule has 2 nitrogen and oxygen atoms in total. The monoisotopic (exact) mass is 212 g/mol. The van der Waals surface area contributed by atoms with Gasteiger partial charge in [-0.15, -0.1) is 11.3 Å². The number of aromatic nitrogens is 1. The molecule has 2 atom stereocenters. The van der Waals surface area contributed by atoms with Gasteiger partial charge < -0.3 is 5.73 Å². The highest BCUT2D eigenvalue weighted by atomic mass is 32.1. The van der Waals surface area contributed by atoms with Gasteiger partial charge in [0.1, 0.15) is 0 Å². The van der Waals surface area contributed by atoms with E-state index in [0.29, 0.717) is 11.8 Å². The van der Waals surface area contributed by atoms with E-state index in [1.54, 1.807) is 11.3 Å². The van der Waals surface area contributed by atoms with Crippen LogP contribution in [0.3, 0.4) is 0 Å². The van der Waals surface area contributed by atoms with Gasteiger partial charge in [0.25, 0.3) is 0 Å². The van der Waals surface area contributed by atoms with Gasteiger partial charge in [-0.3, -0.25) is 0 Å². The van der Waals surface area contributed by atoms with E-state index in [2.05, 4.69) is 39.6 Å². The Hall–Kier alpha value is -0.410. The van der Waals surface area contributed by atoms with Crippen LogP contribution in [-0.2, 0) is 0 Å². The van der Waals surface area contributed by atoms with Crippen molar-refractivity contribution in [2.45, 2.75) is 46.6 Å². The first-order valence-electron chi connectivity index (χ1n) is 5.13. The maximum Gasteiger partial charge on any atom is 0.0979 e. The molecule has 0 bridgehead atoms. The Bertz CT molecular complexity index is 275. The van der Waals surface area contributed by atoms with Crippen LogP contribution in [0.25, 0.3) is 0 Å². The van der Waals surface area contributed by atoms with E-state index < -0.39 is 0 Å². The second kappa shape index (κ2) is 4.41. The Kier molecular flexibility index (Phi) is 3.67. The molecule has 1 heterocycles. The Labute approximate surface area is 90.6 Å². The van der Waals surface area contributed by atoms with Crippen LogP contribution in [0, 0.1) is 19.8 Å². The molecule has 0 aromatic carbocycles. The van der Waals surface area contributed by atoms with Crippen LogP contribution >= 0.6 is 11.3 Å². The molecule has 0 saturated heterocycles. The van der Waals surface area contributed by atoms with Crippen molar-refractivity contribution >= 4 is 11.3 Å². The van der Waals surface area contributed by atoms with Crippen LogP contribution < -0.4 is 5.73 Å². The molecule has 14 heavy (non-hydrogen) atoms. The first kappa shape index (κ1) is 11.7. The van der Waals surface area contributed by atoms with E-state index in [1.807, 2.05) is 0 Å². The van der Waals surface area contributed by atoms with Gasteiger partial charge >= 0.3 is 0 Å². The lowest BCUT2D eigenvalue weighted by Crippen LogP contribution is -2.28. The lowest BCUT2D eigenvalue weighted by molar-refractivity contribution is 0.434. The summed E-state index contributed by atoms with van der Waals surface area (Å²) in [6, 6.07) is 0.181. The zero-order chi connectivity index (χ0) is 10.9. The van der Waals surface area contributed by atoms with Gasteiger partial charge in [0, 0.05) is 16.8 Å². The quantitative estimate of drug-likeness (QED) is 0.836. The third-order valence-electron chi connectivity index (χ3n) is 2.61. The molecule has 0 aliphatic heterocycles. The Morgan fingerprint density at radius 2 is 1.79 bits per heavy atom. The zero-order valence-corrected chi connectivity index (χ0v) is 10.5. The summed E-state index contributed by atoms with van der Waals surface area (Å²) in [5.74, 6) is 0.951. The largest absolute Gasteiger partial charge is 0.327 e. The summed E-state index contributed by atoms with van der Waals surface area (Å²) in [4.78, 5) is 5.90. The zero-order valence-electron chi connectivity index (χ0n) is 9.66. The molecule has 0 saturated carbocycles. The van der Waals surface area contributed by atoms with E-state index in [1.165, 1.54) is 9.88 Å². The van der Waals surface area contributed by atoms with Gasteiger partial charge in [-0.1, -0.05) is 13.8 Å². The normalized spacial score (nSPS) is 15.9. The molecule has 0 aliphatic rings. The van der Waals surface area contributed by atoms with E-state index in [0.717, 1.165) is 5.69 Å². The van der Waals surface area contributed by atoms with Crippen molar-refractivity contribution in [3.05, 3.63) is 15.6 Å². The molecule has 2 unspecified atom stereocenters. The number of aryl methyl sites for hydroxylation is 2. The summed E-state index contributed by atoms with van der Waals surface area (Å²) in [5, 5.41) is 1.20. The fraction of sp³-hybridized carbons (Fsp3) is 0.727. The Balaban J connectivity index is 2.99. The van der Waals surface area contributed by atoms with Crippen LogP contribution in [0.1, 0.15) is 42.3 Å². The first-order valence-corrected chi connectivity index (χ1v) is 5.94. The van der Waals surface area contributed by atoms with Crippen LogP contribution in [0.5, 0.6) is 0 Å². The molecule has 0 fully saturated rings. The molecular weight excluding hydrogens is 192 g/mol. The predicted molar refractivity (Wildman–Crippen MR) is 62.8 cm³/mol. The summed E-state index contributed by atoms with van der Waals surface area (Å²) in [6.45, 7) is 10.7. The molecule has 2 N–H and O–H groups in total. The molecule has 0 aliphatic carbocycles. The predicted octanol–water partition coefficient (Wildman–Crippen LogP) is 2.85. The Morgan fingerprint density at radius 3 is 2.07 bits per heavy atom. The van der Waals surface area contributed by atoms with Crippen LogP contribution in [0.2, 0.25) is 0 Å². The molecule has 1 aromatic rings. The maximum atomic E-state index is 6.00. The van der Waals surface area contributed by atoms with E-state index in [-0.39, 0.29) is 6.04 Å². The second-order valence-electron chi connectivity index (χ2n) is 4.32. The Morgan fingerprint density at radius 1 is 1.21 bits per heavy atom. The fourth-order valence-electron chi connectivity index (χ4n) is 1.76. The third-order valence-corrected chi connectivity index (χ3v) is 3.79. The summed E-state index contributed by atoms with van der Waals surface area (Å²) >= 11 is 1.79. The standard InChI is InChI=1S/C11H20N2S/c1-6(2)10(7(3)12)11-13-8(4)9(5)14-11/h6-7,10H,12H2,1-5H3. The minimum Gasteiger partial charge on any atom is -0.327 e. The highest BCUT2D eigenvalue weighted by Gasteiger charge is 2.23. The second-order valence-corrected chi connectivity index (χ2v) is 5.56. The summed E-state index contributed by atoms with van der Waals surface area (Å²) in [7, 11) is 0. The number of nitrogens with two attached hydrogens (primary N) is 1. The smallest absolute Gasteiger partial charge is 0.0979 e. The average Bonchev–Trinajstić information content (AvgIpc) is 2.29. The van der Waals surface area contributed by atoms with Crippen LogP contribution in [-0.4, -0.2) is 11.0 Å². The molecule has 0 radical (unpaired) electrons. The number of hydrogen-bond donors (Lipinski definition) is 1. The molecule has 3 heteroatoms. The van der Waals surface area contributed by atoms with Crippen molar-refractivity contribution in [3.8, 4) is 0 Å². The SMILES string of the molecule is Cc1nc(C(C(C)C)C(C)N)sc1C. The molecule has 0 amide bonds. The van der Waals surface area contributed by atoms with Crippen molar-refractivity contribution < 1.29 is 0 Å². The third kappa shape index (κ3) is 2.34. The van der Waals surface area contributed by atoms with Crippen molar-refractivity contribution in [2.75, 3.05) is 0 Å². The van der Waals surface area contributed by atoms with Crippen LogP contribution in [0.15, 0.2) is 0 Å². The summed E-state index contributed by atoms with van der Waals surface area (Å²) in [6.07, 6.45) is 0. The first-order chi connectivity index (χ1) is 6.43. The van der Waals surface area contributed by atoms with Crippen molar-refractivity contribution in [1.82, 2.24) is 4.98 Å². The van der Waals surface area contributed by atoms with Crippen molar-refractivity contribution in [2.24, 2.45) is 11.7 Å². The van der Waals surface area contributed by atoms with E-state index in [4.69, 9.17) is 5.73 Å². The highest BCUT2D eigenvalue weighted by Crippen LogP contribution is 2.31. The molecule has 1 aromatic heterocycles. The van der Waals surface area contributed by atoms with Crippen LogP contribution in [0.4, 0.5) is 0 Å². The number of hydrogen-bond acceptors (Lipinski definition) is 3. The van der Waals surface area contributed by atoms with Crippen molar-refractivity contribution in [1.29, 1.82) is 0 Å². The summed E-state index contributed by atoms with van der Waals surface area (Å²) in [5.41, 5.74) is 7.14.